The summed E-state index contributed by atoms with van der Waals surface area (Å²) >= 11 is 7.26. The van der Waals surface area contributed by atoms with Crippen LogP contribution in [0.3, 0.4) is 0 Å². The van der Waals surface area contributed by atoms with Gasteiger partial charge < -0.3 is 4.74 Å². The first-order valence-electron chi connectivity index (χ1n) is 6.36. The minimum atomic E-state index is -0.335. The number of halogens is 1. The zero-order valence-corrected chi connectivity index (χ0v) is 12.2. The molecule has 1 N–H and O–H groups in total. The van der Waals surface area contributed by atoms with Crippen LogP contribution in [0.25, 0.3) is 11.3 Å². The van der Waals surface area contributed by atoms with Crippen LogP contribution in [0.1, 0.15) is 12.8 Å². The van der Waals surface area contributed by atoms with E-state index in [4.69, 9.17) is 16.3 Å². The average molecular weight is 309 g/mol. The molecule has 1 fully saturated rings. The molecule has 4 nitrogen and oxygen atoms in total. The maximum atomic E-state index is 11.9. The lowest BCUT2D eigenvalue weighted by Gasteiger charge is -2.07. The van der Waals surface area contributed by atoms with E-state index < -0.39 is 0 Å². The van der Waals surface area contributed by atoms with Crippen molar-refractivity contribution in [2.45, 2.75) is 18.9 Å². The van der Waals surface area contributed by atoms with Gasteiger partial charge in [-0.25, -0.2) is 4.98 Å². The van der Waals surface area contributed by atoms with Gasteiger partial charge in [-0.1, -0.05) is 23.7 Å². The van der Waals surface area contributed by atoms with Gasteiger partial charge in [-0.2, -0.15) is 0 Å². The summed E-state index contributed by atoms with van der Waals surface area (Å²) in [5.41, 5.74) is 1.80. The second-order valence-electron chi connectivity index (χ2n) is 4.54. The van der Waals surface area contributed by atoms with Gasteiger partial charge in [0.2, 0.25) is 0 Å². The molecule has 1 aromatic carbocycles. The topological polar surface area (TPSA) is 51.2 Å². The lowest BCUT2D eigenvalue weighted by Crippen LogP contribution is -2.26. The second-order valence-corrected chi connectivity index (χ2v) is 5.83. The van der Waals surface area contributed by atoms with Gasteiger partial charge in [-0.3, -0.25) is 10.1 Å². The summed E-state index contributed by atoms with van der Waals surface area (Å²) in [7, 11) is 0. The Morgan fingerprint density at radius 1 is 1.40 bits per heavy atom. The number of thiazole rings is 1. The molecular formula is C14H13ClN2O2S. The molecule has 0 saturated carbocycles. The Hall–Kier alpha value is -1.43. The molecule has 2 aromatic rings. The quantitative estimate of drug-likeness (QED) is 0.943. The summed E-state index contributed by atoms with van der Waals surface area (Å²) in [5.74, 6) is -0.112. The molecule has 2 heterocycles. The monoisotopic (exact) mass is 308 g/mol. The predicted molar refractivity (Wildman–Crippen MR) is 80.2 cm³/mol. The van der Waals surface area contributed by atoms with Crippen molar-refractivity contribution in [1.82, 2.24) is 4.98 Å². The summed E-state index contributed by atoms with van der Waals surface area (Å²) in [6.07, 6.45) is 1.38. The molecule has 0 spiro atoms. The molecule has 0 aliphatic carbocycles. The van der Waals surface area contributed by atoms with Crippen molar-refractivity contribution in [3.63, 3.8) is 0 Å². The Kier molecular flexibility index (Phi) is 4.00. The third-order valence-corrected chi connectivity index (χ3v) is 4.11. The standard InChI is InChI=1S/C14H13ClN2O2S/c15-10-5-3-9(4-6-10)11-8-20-14(16-11)17-13(18)12-2-1-7-19-12/h3-6,8,12H,1-2,7H2,(H,16,17,18)/t12-/m0/s1. The molecule has 0 radical (unpaired) electrons. The minimum absolute atomic E-state index is 0.112. The number of benzene rings is 1. The van der Waals surface area contributed by atoms with Crippen molar-refractivity contribution in [3.05, 3.63) is 34.7 Å². The summed E-state index contributed by atoms with van der Waals surface area (Å²) in [6, 6.07) is 7.45. The summed E-state index contributed by atoms with van der Waals surface area (Å²) in [6.45, 7) is 0.659. The van der Waals surface area contributed by atoms with Gasteiger partial charge in [0.15, 0.2) is 5.13 Å². The maximum absolute atomic E-state index is 11.9. The SMILES string of the molecule is O=C(Nc1nc(-c2ccc(Cl)cc2)cs1)[C@@H]1CCCO1. The van der Waals surface area contributed by atoms with E-state index in [9.17, 15) is 4.79 Å². The largest absolute Gasteiger partial charge is 0.368 e. The fourth-order valence-corrected chi connectivity index (χ4v) is 2.90. The summed E-state index contributed by atoms with van der Waals surface area (Å²) < 4.78 is 5.34. The van der Waals surface area contributed by atoms with Crippen molar-refractivity contribution < 1.29 is 9.53 Å². The van der Waals surface area contributed by atoms with Crippen molar-refractivity contribution in [2.75, 3.05) is 11.9 Å². The zero-order valence-electron chi connectivity index (χ0n) is 10.6. The minimum Gasteiger partial charge on any atom is -0.368 e. The highest BCUT2D eigenvalue weighted by Crippen LogP contribution is 2.26. The first-order chi connectivity index (χ1) is 9.72. The van der Waals surface area contributed by atoms with E-state index in [-0.39, 0.29) is 12.0 Å². The molecule has 1 aliphatic heterocycles. The van der Waals surface area contributed by atoms with E-state index in [0.29, 0.717) is 16.8 Å². The molecular weight excluding hydrogens is 296 g/mol. The normalized spacial score (nSPS) is 18.1. The molecule has 1 aromatic heterocycles. The van der Waals surface area contributed by atoms with Crippen molar-refractivity contribution >= 4 is 34.0 Å². The van der Waals surface area contributed by atoms with Crippen LogP contribution < -0.4 is 5.32 Å². The number of ether oxygens (including phenoxy) is 1. The van der Waals surface area contributed by atoms with Crippen LogP contribution >= 0.6 is 22.9 Å². The van der Waals surface area contributed by atoms with E-state index in [0.717, 1.165) is 24.1 Å². The van der Waals surface area contributed by atoms with Crippen LogP contribution in [-0.2, 0) is 9.53 Å². The Morgan fingerprint density at radius 3 is 2.90 bits per heavy atom. The number of anilines is 1. The van der Waals surface area contributed by atoms with Crippen LogP contribution in [0.4, 0.5) is 5.13 Å². The van der Waals surface area contributed by atoms with Crippen LogP contribution in [0.5, 0.6) is 0 Å². The molecule has 104 valence electrons. The highest BCUT2D eigenvalue weighted by molar-refractivity contribution is 7.14. The molecule has 1 aliphatic rings. The molecule has 3 rings (SSSR count). The third-order valence-electron chi connectivity index (χ3n) is 3.10. The van der Waals surface area contributed by atoms with E-state index in [1.165, 1.54) is 11.3 Å². The van der Waals surface area contributed by atoms with E-state index in [1.807, 2.05) is 29.6 Å². The molecule has 0 bridgehead atoms. The first kappa shape index (κ1) is 13.5. The van der Waals surface area contributed by atoms with Gasteiger partial charge in [0, 0.05) is 22.6 Å². The number of hydrogen-bond donors (Lipinski definition) is 1. The maximum Gasteiger partial charge on any atom is 0.255 e. The average Bonchev–Trinajstić information content (AvgIpc) is 3.10. The van der Waals surface area contributed by atoms with Gasteiger partial charge >= 0.3 is 0 Å². The summed E-state index contributed by atoms with van der Waals surface area (Å²) in [4.78, 5) is 16.3. The lowest BCUT2D eigenvalue weighted by atomic mass is 10.2. The fourth-order valence-electron chi connectivity index (χ4n) is 2.05. The fraction of sp³-hybridized carbons (Fsp3) is 0.286. The van der Waals surface area contributed by atoms with Gasteiger partial charge in [0.1, 0.15) is 6.10 Å². The lowest BCUT2D eigenvalue weighted by molar-refractivity contribution is -0.124. The van der Waals surface area contributed by atoms with Gasteiger partial charge in [-0.05, 0) is 25.0 Å². The van der Waals surface area contributed by atoms with Crippen LogP contribution in [0, 0.1) is 0 Å². The Labute approximate surface area is 125 Å². The van der Waals surface area contributed by atoms with Crippen molar-refractivity contribution in [1.29, 1.82) is 0 Å². The van der Waals surface area contributed by atoms with Gasteiger partial charge in [0.25, 0.3) is 5.91 Å². The Bertz CT molecular complexity index is 606. The molecule has 20 heavy (non-hydrogen) atoms. The number of amides is 1. The third kappa shape index (κ3) is 3.00. The van der Waals surface area contributed by atoms with E-state index in [1.54, 1.807) is 0 Å². The highest BCUT2D eigenvalue weighted by Gasteiger charge is 2.24. The van der Waals surface area contributed by atoms with Gasteiger partial charge in [0.05, 0.1) is 5.69 Å². The Balaban J connectivity index is 1.70. The highest BCUT2D eigenvalue weighted by atomic mass is 35.5. The number of nitrogens with zero attached hydrogens (tertiary/aromatic N) is 1. The van der Waals surface area contributed by atoms with Crippen molar-refractivity contribution in [3.8, 4) is 11.3 Å². The molecule has 0 unspecified atom stereocenters. The van der Waals surface area contributed by atoms with Crippen LogP contribution in [-0.4, -0.2) is 23.6 Å². The predicted octanol–water partition coefficient (Wildman–Crippen LogP) is 3.58. The van der Waals surface area contributed by atoms with Gasteiger partial charge in [-0.15, -0.1) is 11.3 Å². The molecule has 1 atom stereocenters. The second kappa shape index (κ2) is 5.91. The smallest absolute Gasteiger partial charge is 0.255 e. The van der Waals surface area contributed by atoms with Crippen LogP contribution in [0.15, 0.2) is 29.6 Å². The first-order valence-corrected chi connectivity index (χ1v) is 7.62. The number of nitrogens with one attached hydrogen (secondary N) is 1. The molecule has 6 heteroatoms. The number of rotatable bonds is 3. The van der Waals surface area contributed by atoms with Crippen molar-refractivity contribution in [2.24, 2.45) is 0 Å². The van der Waals surface area contributed by atoms with E-state index in [2.05, 4.69) is 10.3 Å². The van der Waals surface area contributed by atoms with E-state index >= 15 is 0 Å². The molecule has 1 saturated heterocycles. The Morgan fingerprint density at radius 2 is 2.20 bits per heavy atom. The summed E-state index contributed by atoms with van der Waals surface area (Å²) in [5, 5.41) is 6.00. The molecule has 1 amide bonds. The number of aromatic nitrogens is 1. The zero-order chi connectivity index (χ0) is 13.9. The van der Waals surface area contributed by atoms with Crippen LogP contribution in [0.2, 0.25) is 5.02 Å². The number of carbonyl (C=O) groups excluding carboxylic acids is 1. The number of carbonyl (C=O) groups is 1. The number of hydrogen-bond acceptors (Lipinski definition) is 4.